The third kappa shape index (κ3) is 210. The number of hydrogen-bond donors (Lipinski definition) is 0. The van der Waals surface area contributed by atoms with Crippen molar-refractivity contribution in [2.75, 3.05) is 0 Å². The van der Waals surface area contributed by atoms with Gasteiger partial charge in [0.2, 0.25) is 0 Å². The molecule has 0 aromatic heterocycles. The Morgan fingerprint density at radius 2 is 1.11 bits per heavy atom. The summed E-state index contributed by atoms with van der Waals surface area (Å²) in [7, 11) is 0. The summed E-state index contributed by atoms with van der Waals surface area (Å²) in [5.74, 6) is 0. The van der Waals surface area contributed by atoms with Crippen LogP contribution < -0.4 is 55.6 Å². The summed E-state index contributed by atoms with van der Waals surface area (Å²) in [5, 5.41) is 0. The second-order valence-corrected chi connectivity index (χ2v) is 1.82. The Hall–Kier alpha value is 1.64. The van der Waals surface area contributed by atoms with Crippen molar-refractivity contribution >= 4 is 0 Å². The van der Waals surface area contributed by atoms with E-state index >= 15 is 0 Å². The number of rotatable bonds is 0. The van der Waals surface area contributed by atoms with Crippen molar-refractivity contribution in [3.8, 4) is 0 Å². The molecule has 0 rings (SSSR count). The van der Waals surface area contributed by atoms with E-state index in [1.807, 2.05) is 0 Å². The van der Waals surface area contributed by atoms with E-state index in [0.717, 1.165) is 0 Å². The van der Waals surface area contributed by atoms with E-state index in [1.54, 1.807) is 0 Å². The molecule has 51 valence electrons. The van der Waals surface area contributed by atoms with Crippen molar-refractivity contribution in [1.82, 2.24) is 0 Å². The normalized spacial score (nSPS) is 7.67. The van der Waals surface area contributed by atoms with Gasteiger partial charge in [-0.1, -0.05) is 0 Å². The fourth-order valence-corrected chi connectivity index (χ4v) is 0. The van der Waals surface area contributed by atoms with Gasteiger partial charge in [-0.15, -0.1) is 0 Å². The summed E-state index contributed by atoms with van der Waals surface area (Å²) in [4.78, 5) is 0. The van der Waals surface area contributed by atoms with Gasteiger partial charge in [0.05, 0.1) is 0 Å². The molecule has 0 radical (unpaired) electrons. The maximum absolute atomic E-state index is 8.58. The van der Waals surface area contributed by atoms with Crippen LogP contribution in [0, 0.1) is 0 Å². The molecule has 0 aliphatic heterocycles. The van der Waals surface area contributed by atoms with Crippen molar-refractivity contribution in [1.29, 1.82) is 0 Å². The van der Waals surface area contributed by atoms with Gasteiger partial charge < -0.3 is 0 Å². The zero-order valence-corrected chi connectivity index (χ0v) is 9.69. The van der Waals surface area contributed by atoms with E-state index in [-0.39, 0.29) is 51.4 Å². The van der Waals surface area contributed by atoms with Crippen molar-refractivity contribution in [3.63, 3.8) is 0 Å². The average molecular weight is 245 g/mol. The van der Waals surface area contributed by atoms with E-state index in [2.05, 4.69) is 0 Å². The van der Waals surface area contributed by atoms with Crippen molar-refractivity contribution in [3.05, 3.63) is 0 Å². The minimum absolute atomic E-state index is 0. The molecule has 0 bridgehead atoms. The summed E-state index contributed by atoms with van der Waals surface area (Å²) in [6.07, 6.45) is 0. The molecule has 9 heavy (non-hydrogen) atoms. The van der Waals surface area contributed by atoms with E-state index in [4.69, 9.17) is 23.4 Å². The van der Waals surface area contributed by atoms with E-state index in [1.165, 1.54) is 0 Å². The van der Waals surface area contributed by atoms with Crippen molar-refractivity contribution in [2.45, 2.75) is 0 Å². The Morgan fingerprint density at radius 3 is 1.11 bits per heavy atom. The predicted molar refractivity (Wildman–Crippen MR) is 3.43 cm³/mol. The van der Waals surface area contributed by atoms with Gasteiger partial charge in [0.1, 0.15) is 0 Å². The van der Waals surface area contributed by atoms with Gasteiger partial charge >= 0.3 is 103 Å². The van der Waals surface area contributed by atoms with Crippen LogP contribution in [0.2, 0.25) is 0 Å². The van der Waals surface area contributed by atoms with Crippen LogP contribution in [-0.4, -0.2) is 0 Å². The van der Waals surface area contributed by atoms with Gasteiger partial charge in [-0.3, -0.25) is 0 Å². The first-order valence-corrected chi connectivity index (χ1v) is 3.82. The molecule has 0 unspecified atom stereocenters. The molecular formula is KMn2O6. The van der Waals surface area contributed by atoms with Crippen LogP contribution >= 0.6 is 0 Å². The minimum atomic E-state index is -5.62. The van der Waals surface area contributed by atoms with Gasteiger partial charge in [-0.05, 0) is 0 Å². The standard InChI is InChI=1S/K.2Mn.6O/q+1;;;;;;;;-1. The third-order valence-electron chi connectivity index (χ3n) is 0. The SMILES string of the molecule is [K+].[O]=[Mn](=[O])(=[O])[O-].[O]=[Mn]=[O]. The van der Waals surface area contributed by atoms with Crippen LogP contribution in [0.1, 0.15) is 0 Å². The Balaban J connectivity index is -0.0000000800. The van der Waals surface area contributed by atoms with Crippen LogP contribution in [0.5, 0.6) is 0 Å². The first kappa shape index (κ1) is 16.9. The van der Waals surface area contributed by atoms with E-state index in [0.29, 0.717) is 0 Å². The molecule has 0 heterocycles. The van der Waals surface area contributed by atoms with Gasteiger partial charge in [-0.25, -0.2) is 0 Å². The summed E-state index contributed by atoms with van der Waals surface area (Å²) < 4.78 is 51.1. The Bertz CT molecular complexity index is 194. The van der Waals surface area contributed by atoms with Crippen LogP contribution in [-0.2, 0) is 47.0 Å². The zero-order valence-electron chi connectivity index (χ0n) is 4.21. The van der Waals surface area contributed by atoms with Crippen LogP contribution in [0.4, 0.5) is 0 Å². The first-order chi connectivity index (χ1) is 3.41. The molecule has 0 aliphatic carbocycles. The topological polar surface area (TPSA) is 108 Å². The quantitative estimate of drug-likeness (QED) is 0.396. The molecule has 0 aromatic carbocycles. The molecule has 0 aromatic rings. The second-order valence-electron chi connectivity index (χ2n) is 0.441. The Kier molecular flexibility index (Phi) is 18.1. The zero-order chi connectivity index (χ0) is 7.21. The van der Waals surface area contributed by atoms with Gasteiger partial charge in [0, 0.05) is 0 Å². The second kappa shape index (κ2) is 9.64. The van der Waals surface area contributed by atoms with Crippen LogP contribution in [0.3, 0.4) is 0 Å². The first-order valence-electron chi connectivity index (χ1n) is 0.926. The molecule has 0 atom stereocenters. The van der Waals surface area contributed by atoms with Gasteiger partial charge in [-0.2, -0.15) is 0 Å². The summed E-state index contributed by atoms with van der Waals surface area (Å²) in [5.41, 5.74) is 0. The average Bonchev–Trinajstić information content (AvgIpc) is 1.27. The molecule has 0 spiro atoms. The summed E-state index contributed by atoms with van der Waals surface area (Å²) in [6.45, 7) is 0. The third-order valence-corrected chi connectivity index (χ3v) is 0. The molecule has 0 fully saturated rings. The van der Waals surface area contributed by atoms with E-state index in [9.17, 15) is 0 Å². The summed E-state index contributed by atoms with van der Waals surface area (Å²) >= 11 is -7.06. The molecule has 0 aliphatic rings. The summed E-state index contributed by atoms with van der Waals surface area (Å²) in [6, 6.07) is 0. The maximum atomic E-state index is 8.58. The van der Waals surface area contributed by atoms with Gasteiger partial charge in [0.15, 0.2) is 0 Å². The fourth-order valence-electron chi connectivity index (χ4n) is 0. The molecular weight excluding hydrogens is 245 g/mol. The molecule has 0 saturated heterocycles. The molecule has 9 heteroatoms. The number of hydrogen-bond acceptors (Lipinski definition) is 6. The predicted octanol–water partition coefficient (Wildman–Crippen LogP) is -4.78. The van der Waals surface area contributed by atoms with Crippen LogP contribution in [0.25, 0.3) is 0 Å². The van der Waals surface area contributed by atoms with Crippen LogP contribution in [0.15, 0.2) is 0 Å². The molecule has 0 N–H and O–H groups in total. The van der Waals surface area contributed by atoms with Crippen molar-refractivity contribution < 1.29 is 103 Å². The van der Waals surface area contributed by atoms with E-state index < -0.39 is 27.8 Å². The molecule has 0 saturated carbocycles. The van der Waals surface area contributed by atoms with Gasteiger partial charge in [0.25, 0.3) is 0 Å². The Labute approximate surface area is 101 Å². The molecule has 6 nitrogen and oxygen atoms in total. The fraction of sp³-hybridized carbons (Fsp3) is 0. The Morgan fingerprint density at radius 1 is 1.11 bits per heavy atom. The molecule has 0 amide bonds. The van der Waals surface area contributed by atoms with Crippen molar-refractivity contribution in [2.24, 2.45) is 0 Å². The monoisotopic (exact) mass is 245 g/mol.